The number of imide groups is 1. The number of hydrogen-bond acceptors (Lipinski definition) is 8. The van der Waals surface area contributed by atoms with Gasteiger partial charge in [-0.1, -0.05) is 31.9 Å². The Morgan fingerprint density at radius 3 is 1.64 bits per heavy atom. The third-order valence-electron chi connectivity index (χ3n) is 3.14. The van der Waals surface area contributed by atoms with E-state index < -0.39 is 17.9 Å². The van der Waals surface area contributed by atoms with Crippen LogP contribution in [0, 0.1) is 0 Å². The lowest BCUT2D eigenvalue weighted by atomic mass is 10.1. The Balaban J connectivity index is 0.000000336. The highest BCUT2D eigenvalue weighted by Crippen LogP contribution is 2.21. The normalized spacial score (nSPS) is 11.4. The van der Waals surface area contributed by atoms with Gasteiger partial charge < -0.3 is 4.74 Å². The molecule has 0 fully saturated rings. The summed E-state index contributed by atoms with van der Waals surface area (Å²) >= 11 is 0. The van der Waals surface area contributed by atoms with E-state index in [0.29, 0.717) is 11.1 Å². The number of amides is 2. The number of hydrogen-bond donors (Lipinski definition) is 0. The van der Waals surface area contributed by atoms with Crippen molar-refractivity contribution in [3.63, 3.8) is 0 Å². The summed E-state index contributed by atoms with van der Waals surface area (Å²) in [5, 5.41) is 0. The van der Waals surface area contributed by atoms with E-state index in [2.05, 4.69) is 29.5 Å². The molecule has 1 aliphatic rings. The quantitative estimate of drug-likeness (QED) is 0.236. The molecule has 1 aliphatic heterocycles. The fourth-order valence-corrected chi connectivity index (χ4v) is 1.89. The van der Waals surface area contributed by atoms with Crippen LogP contribution in [0.15, 0.2) is 62.2 Å². The average Bonchev–Trinajstić information content (AvgIpc) is 2.97. The number of carbonyl (C=O) groups excluding carboxylic acids is 5. The van der Waals surface area contributed by atoms with Gasteiger partial charge in [-0.15, -0.1) is 0 Å². The smallest absolute Gasteiger partial charge is 0.378 e. The summed E-state index contributed by atoms with van der Waals surface area (Å²) in [6.07, 6.45) is 2.77. The highest BCUT2D eigenvalue weighted by Gasteiger charge is 2.34. The Bertz CT molecular complexity index is 772. The first-order chi connectivity index (χ1) is 13.3. The van der Waals surface area contributed by atoms with Crippen LogP contribution < -0.4 is 0 Å². The molecule has 2 amide bonds. The van der Waals surface area contributed by atoms with Crippen molar-refractivity contribution in [1.29, 1.82) is 0 Å². The lowest BCUT2D eigenvalue weighted by Crippen LogP contribution is -2.33. The van der Waals surface area contributed by atoms with E-state index in [0.717, 1.165) is 23.1 Å². The van der Waals surface area contributed by atoms with Gasteiger partial charge in [0, 0.05) is 18.2 Å². The van der Waals surface area contributed by atoms with Gasteiger partial charge in [0.1, 0.15) is 6.61 Å². The molecule has 0 saturated heterocycles. The Labute approximate surface area is 160 Å². The van der Waals surface area contributed by atoms with E-state index in [1.54, 1.807) is 24.3 Å². The minimum Gasteiger partial charge on any atom is -0.461 e. The zero-order valence-corrected chi connectivity index (χ0v) is 14.8. The van der Waals surface area contributed by atoms with Crippen LogP contribution >= 0.6 is 0 Å². The first kappa shape index (κ1) is 22.0. The molecule has 0 aromatic heterocycles. The molecule has 146 valence electrons. The van der Waals surface area contributed by atoms with Gasteiger partial charge in [0.2, 0.25) is 0 Å². The van der Waals surface area contributed by atoms with Gasteiger partial charge in [0.15, 0.2) is 0 Å². The minimum atomic E-state index is -0.824. The third kappa shape index (κ3) is 6.06. The van der Waals surface area contributed by atoms with Crippen molar-refractivity contribution in [3.8, 4) is 0 Å². The molecule has 0 bridgehead atoms. The van der Waals surface area contributed by atoms with E-state index in [4.69, 9.17) is 4.74 Å². The molecule has 9 heteroatoms. The minimum absolute atomic E-state index is 0.0314. The van der Waals surface area contributed by atoms with Crippen LogP contribution in [0.5, 0.6) is 0 Å². The van der Waals surface area contributed by atoms with Crippen LogP contribution in [-0.4, -0.2) is 47.8 Å². The van der Waals surface area contributed by atoms with E-state index in [-0.39, 0.29) is 25.0 Å². The molecule has 28 heavy (non-hydrogen) atoms. The van der Waals surface area contributed by atoms with Gasteiger partial charge in [-0.05, 0) is 12.1 Å². The SMILES string of the molecule is C=CC(=O)OCCN1C(=O)c2ccccc2C1=O.C=CC(=O)OOC(=O)C=C. The van der Waals surface area contributed by atoms with Crippen molar-refractivity contribution in [2.24, 2.45) is 0 Å². The van der Waals surface area contributed by atoms with Gasteiger partial charge in [0.05, 0.1) is 17.7 Å². The van der Waals surface area contributed by atoms with Crippen LogP contribution in [0.2, 0.25) is 0 Å². The molecule has 0 atom stereocenters. The number of benzene rings is 1. The molecule has 1 aromatic carbocycles. The van der Waals surface area contributed by atoms with Crippen molar-refractivity contribution >= 4 is 29.7 Å². The number of fused-ring (bicyclic) bond motifs is 1. The molecular weight excluding hydrogens is 370 g/mol. The van der Waals surface area contributed by atoms with E-state index >= 15 is 0 Å². The maximum absolute atomic E-state index is 11.9. The summed E-state index contributed by atoms with van der Waals surface area (Å²) in [6.45, 7) is 9.41. The summed E-state index contributed by atoms with van der Waals surface area (Å²) in [5.41, 5.74) is 0.773. The number of rotatable bonds is 6. The van der Waals surface area contributed by atoms with E-state index in [1.807, 2.05) is 0 Å². The molecule has 1 heterocycles. The van der Waals surface area contributed by atoms with Crippen LogP contribution in [-0.2, 0) is 28.9 Å². The summed E-state index contributed by atoms with van der Waals surface area (Å²) in [7, 11) is 0. The second-order valence-corrected chi connectivity index (χ2v) is 4.89. The summed E-state index contributed by atoms with van der Waals surface area (Å²) < 4.78 is 4.75. The highest BCUT2D eigenvalue weighted by atomic mass is 17.2. The molecule has 0 saturated carbocycles. The Morgan fingerprint density at radius 1 is 0.821 bits per heavy atom. The highest BCUT2D eigenvalue weighted by molar-refractivity contribution is 6.21. The topological polar surface area (TPSA) is 116 Å². The van der Waals surface area contributed by atoms with Gasteiger partial charge in [-0.25, -0.2) is 24.2 Å². The Kier molecular flexibility index (Phi) is 8.55. The van der Waals surface area contributed by atoms with Gasteiger partial charge in [-0.2, -0.15) is 0 Å². The maximum atomic E-state index is 11.9. The predicted octanol–water partition coefficient (Wildman–Crippen LogP) is 1.37. The van der Waals surface area contributed by atoms with Gasteiger partial charge >= 0.3 is 17.9 Å². The maximum Gasteiger partial charge on any atom is 0.378 e. The van der Waals surface area contributed by atoms with Gasteiger partial charge in [-0.3, -0.25) is 14.5 Å². The van der Waals surface area contributed by atoms with Crippen molar-refractivity contribution in [2.75, 3.05) is 13.2 Å². The monoisotopic (exact) mass is 387 g/mol. The molecule has 2 rings (SSSR count). The fraction of sp³-hybridized carbons (Fsp3) is 0.105. The van der Waals surface area contributed by atoms with Crippen LogP contribution in [0.1, 0.15) is 20.7 Å². The van der Waals surface area contributed by atoms with Crippen LogP contribution in [0.3, 0.4) is 0 Å². The van der Waals surface area contributed by atoms with Crippen molar-refractivity contribution in [1.82, 2.24) is 4.90 Å². The number of ether oxygens (including phenoxy) is 1. The summed E-state index contributed by atoms with van der Waals surface area (Å²) in [6, 6.07) is 6.60. The molecule has 0 aliphatic carbocycles. The third-order valence-corrected chi connectivity index (χ3v) is 3.14. The number of esters is 1. The lowest BCUT2D eigenvalue weighted by Gasteiger charge is -2.13. The van der Waals surface area contributed by atoms with Gasteiger partial charge in [0.25, 0.3) is 11.8 Å². The zero-order valence-electron chi connectivity index (χ0n) is 14.8. The molecule has 0 radical (unpaired) electrons. The van der Waals surface area contributed by atoms with Crippen molar-refractivity contribution < 1.29 is 38.5 Å². The summed E-state index contributed by atoms with van der Waals surface area (Å²) in [5.74, 6) is -2.94. The zero-order chi connectivity index (χ0) is 21.1. The molecule has 0 N–H and O–H groups in total. The van der Waals surface area contributed by atoms with Crippen LogP contribution in [0.4, 0.5) is 0 Å². The fourth-order valence-electron chi connectivity index (χ4n) is 1.89. The number of carbonyl (C=O) groups is 5. The molecule has 0 unspecified atom stereocenters. The van der Waals surface area contributed by atoms with E-state index in [1.165, 1.54) is 0 Å². The second-order valence-electron chi connectivity index (χ2n) is 4.89. The summed E-state index contributed by atoms with van der Waals surface area (Å²) in [4.78, 5) is 63.8. The van der Waals surface area contributed by atoms with Crippen LogP contribution in [0.25, 0.3) is 0 Å². The first-order valence-corrected chi connectivity index (χ1v) is 7.77. The molecule has 9 nitrogen and oxygen atoms in total. The van der Waals surface area contributed by atoms with Crippen molar-refractivity contribution in [2.45, 2.75) is 0 Å². The van der Waals surface area contributed by atoms with Crippen molar-refractivity contribution in [3.05, 3.63) is 73.4 Å². The average molecular weight is 387 g/mol. The largest absolute Gasteiger partial charge is 0.461 e. The molecule has 1 aromatic rings. The molecule has 0 spiro atoms. The lowest BCUT2D eigenvalue weighted by molar-refractivity contribution is -0.250. The Morgan fingerprint density at radius 2 is 1.25 bits per heavy atom. The number of nitrogens with zero attached hydrogens (tertiary/aromatic N) is 1. The second kappa shape index (κ2) is 10.9. The first-order valence-electron chi connectivity index (χ1n) is 7.77. The standard InChI is InChI=1S/C13H11NO4.C6H6O4/c1-2-11(15)18-8-7-14-12(16)9-5-3-4-6-10(9)13(14)17;1-3-5(7)9-10-6(8)4-2/h2-6H,1,7-8H2;3-4H,1-2H2. The van der Waals surface area contributed by atoms with E-state index in [9.17, 15) is 24.0 Å². The Hall–Kier alpha value is -4.01. The predicted molar refractivity (Wildman–Crippen MR) is 95.5 cm³/mol. The molecular formula is C19H17NO8.